The summed E-state index contributed by atoms with van der Waals surface area (Å²) < 4.78 is 11.2. The van der Waals surface area contributed by atoms with Gasteiger partial charge in [0.25, 0.3) is 5.91 Å². The first-order valence-corrected chi connectivity index (χ1v) is 11.2. The molecule has 8 nitrogen and oxygen atoms in total. The number of likely N-dealkylation sites (N-methyl/N-ethyl adjacent to an activating group) is 1. The highest BCUT2D eigenvalue weighted by Crippen LogP contribution is 2.44. The molecule has 0 spiro atoms. The lowest BCUT2D eigenvalue weighted by Crippen LogP contribution is -2.49. The van der Waals surface area contributed by atoms with Gasteiger partial charge in [0.05, 0.1) is 6.04 Å². The van der Waals surface area contributed by atoms with Crippen LogP contribution in [0.1, 0.15) is 36.3 Å². The summed E-state index contributed by atoms with van der Waals surface area (Å²) in [6, 6.07) is 15.7. The van der Waals surface area contributed by atoms with Gasteiger partial charge in [-0.25, -0.2) is 4.79 Å². The number of benzene rings is 2. The Kier molecular flexibility index (Phi) is 6.93. The van der Waals surface area contributed by atoms with Crippen LogP contribution in [0, 0.1) is 0 Å². The number of carbonyl (C=O) groups excluding carboxylic acids is 2. The zero-order valence-electron chi connectivity index (χ0n) is 18.5. The number of carbonyl (C=O) groups is 3. The largest absolute Gasteiger partial charge is 0.481 e. The van der Waals surface area contributed by atoms with Crippen LogP contribution in [0.2, 0.25) is 0 Å². The Balaban J connectivity index is 1.33. The van der Waals surface area contributed by atoms with Crippen LogP contribution in [-0.4, -0.2) is 66.9 Å². The van der Waals surface area contributed by atoms with Crippen molar-refractivity contribution in [3.05, 3.63) is 59.7 Å². The van der Waals surface area contributed by atoms with Gasteiger partial charge in [0, 0.05) is 32.5 Å². The third-order valence-corrected chi connectivity index (χ3v) is 6.24. The molecular weight excluding hydrogens is 424 g/mol. The van der Waals surface area contributed by atoms with Gasteiger partial charge < -0.3 is 24.8 Å². The normalized spacial score (nSPS) is 18.9. The second-order valence-corrected chi connectivity index (χ2v) is 8.41. The van der Waals surface area contributed by atoms with Crippen LogP contribution in [0.5, 0.6) is 0 Å². The lowest BCUT2D eigenvalue weighted by atomic mass is 9.98. The minimum absolute atomic E-state index is 0.00935. The SMILES string of the molecule is CN(CCCC(=O)O)C(=O)[C@@H]1OCC[C@@H]1NC(=O)OCC1c2ccccc2-c2ccccc21. The number of carboxylic acid groups (broad SMARTS) is 1. The maximum absolute atomic E-state index is 12.7. The van der Waals surface area contributed by atoms with Crippen molar-refractivity contribution in [3.63, 3.8) is 0 Å². The van der Waals surface area contributed by atoms with Gasteiger partial charge in [-0.3, -0.25) is 9.59 Å². The Hall–Kier alpha value is -3.39. The van der Waals surface area contributed by atoms with Gasteiger partial charge in [0.15, 0.2) is 6.10 Å². The van der Waals surface area contributed by atoms with Gasteiger partial charge in [-0.15, -0.1) is 0 Å². The number of hydrogen-bond donors (Lipinski definition) is 2. The minimum Gasteiger partial charge on any atom is -0.481 e. The lowest BCUT2D eigenvalue weighted by Gasteiger charge is -2.25. The topological polar surface area (TPSA) is 105 Å². The molecule has 0 radical (unpaired) electrons. The average molecular weight is 453 g/mol. The first-order chi connectivity index (χ1) is 16.0. The third-order valence-electron chi connectivity index (χ3n) is 6.24. The second-order valence-electron chi connectivity index (χ2n) is 8.41. The zero-order chi connectivity index (χ0) is 23.4. The van der Waals surface area contributed by atoms with Crippen molar-refractivity contribution in [2.75, 3.05) is 26.8 Å². The van der Waals surface area contributed by atoms with Crippen LogP contribution in [0.15, 0.2) is 48.5 Å². The predicted octanol–water partition coefficient (Wildman–Crippen LogP) is 3.01. The van der Waals surface area contributed by atoms with Crippen molar-refractivity contribution in [1.82, 2.24) is 10.2 Å². The monoisotopic (exact) mass is 452 g/mol. The standard InChI is InChI=1S/C25H28N2O6/c1-27(13-6-11-22(28)29)24(30)23-21(12-14-32-23)26-25(31)33-15-20-18-9-4-2-7-16(18)17-8-3-5-10-19(17)20/h2-5,7-10,20-21,23H,6,11-15H2,1H3,(H,26,31)(H,28,29)/t21-,23+/m0/s1. The number of fused-ring (bicyclic) bond motifs is 3. The molecule has 2 aromatic carbocycles. The van der Waals surface area contributed by atoms with Crippen LogP contribution >= 0.6 is 0 Å². The smallest absolute Gasteiger partial charge is 0.407 e. The number of hydrogen-bond acceptors (Lipinski definition) is 5. The van der Waals surface area contributed by atoms with Gasteiger partial charge in [0.2, 0.25) is 0 Å². The Labute approximate surface area is 192 Å². The highest BCUT2D eigenvalue weighted by atomic mass is 16.6. The molecule has 33 heavy (non-hydrogen) atoms. The zero-order valence-corrected chi connectivity index (χ0v) is 18.5. The van der Waals surface area contributed by atoms with Gasteiger partial charge >= 0.3 is 12.1 Å². The highest BCUT2D eigenvalue weighted by molar-refractivity contribution is 5.83. The molecule has 2 aromatic rings. The number of ether oxygens (including phenoxy) is 2. The van der Waals surface area contributed by atoms with Crippen molar-refractivity contribution in [1.29, 1.82) is 0 Å². The summed E-state index contributed by atoms with van der Waals surface area (Å²) in [5, 5.41) is 11.5. The second kappa shape index (κ2) is 10.0. The molecule has 1 aliphatic carbocycles. The van der Waals surface area contributed by atoms with E-state index in [1.807, 2.05) is 24.3 Å². The van der Waals surface area contributed by atoms with E-state index in [1.54, 1.807) is 7.05 Å². The summed E-state index contributed by atoms with van der Waals surface area (Å²) in [7, 11) is 1.61. The van der Waals surface area contributed by atoms with E-state index < -0.39 is 24.2 Å². The van der Waals surface area contributed by atoms with Crippen molar-refractivity contribution in [2.45, 2.75) is 37.3 Å². The van der Waals surface area contributed by atoms with Crippen LogP contribution in [0.4, 0.5) is 4.79 Å². The summed E-state index contributed by atoms with van der Waals surface area (Å²) in [6.07, 6.45) is -0.540. The number of carboxylic acids is 1. The molecule has 1 saturated heterocycles. The van der Waals surface area contributed by atoms with Crippen LogP contribution in [-0.2, 0) is 19.1 Å². The van der Waals surface area contributed by atoms with E-state index in [0.29, 0.717) is 26.0 Å². The van der Waals surface area contributed by atoms with E-state index in [4.69, 9.17) is 14.6 Å². The van der Waals surface area contributed by atoms with Gasteiger partial charge in [-0.1, -0.05) is 48.5 Å². The molecule has 174 valence electrons. The van der Waals surface area contributed by atoms with E-state index in [-0.39, 0.29) is 24.9 Å². The fourth-order valence-electron chi connectivity index (χ4n) is 4.57. The molecule has 4 rings (SSSR count). The average Bonchev–Trinajstić information content (AvgIpc) is 3.39. The molecule has 1 aliphatic heterocycles. The molecule has 0 unspecified atom stereocenters. The van der Waals surface area contributed by atoms with Gasteiger partial charge in [-0.05, 0) is 35.1 Å². The van der Waals surface area contributed by atoms with E-state index in [2.05, 4.69) is 29.6 Å². The Bertz CT molecular complexity index is 994. The van der Waals surface area contributed by atoms with Crippen molar-refractivity contribution in [2.24, 2.45) is 0 Å². The van der Waals surface area contributed by atoms with E-state index in [1.165, 1.54) is 4.90 Å². The summed E-state index contributed by atoms with van der Waals surface area (Å²) in [5.74, 6) is -1.22. The molecule has 1 fully saturated rings. The number of nitrogens with one attached hydrogen (secondary N) is 1. The van der Waals surface area contributed by atoms with Gasteiger partial charge in [-0.2, -0.15) is 0 Å². The Morgan fingerprint density at radius 3 is 2.36 bits per heavy atom. The lowest BCUT2D eigenvalue weighted by molar-refractivity contribution is -0.141. The maximum Gasteiger partial charge on any atom is 0.407 e. The van der Waals surface area contributed by atoms with Crippen LogP contribution in [0.3, 0.4) is 0 Å². The molecule has 2 amide bonds. The third kappa shape index (κ3) is 5.01. The molecule has 8 heteroatoms. The fraction of sp³-hybridized carbons (Fsp3) is 0.400. The molecule has 1 heterocycles. The number of aliphatic carboxylic acids is 1. The molecular formula is C25H28N2O6. The molecule has 0 saturated carbocycles. The molecule has 2 N–H and O–H groups in total. The Morgan fingerprint density at radius 2 is 1.73 bits per heavy atom. The first-order valence-electron chi connectivity index (χ1n) is 11.2. The Morgan fingerprint density at radius 1 is 1.09 bits per heavy atom. The van der Waals surface area contributed by atoms with Crippen molar-refractivity contribution < 1.29 is 29.0 Å². The van der Waals surface area contributed by atoms with E-state index >= 15 is 0 Å². The fourth-order valence-corrected chi connectivity index (χ4v) is 4.57. The van der Waals surface area contributed by atoms with Crippen molar-refractivity contribution in [3.8, 4) is 11.1 Å². The number of amides is 2. The molecule has 2 aliphatic rings. The van der Waals surface area contributed by atoms with Crippen LogP contribution in [0.25, 0.3) is 11.1 Å². The number of alkyl carbamates (subject to hydrolysis) is 1. The number of rotatable bonds is 8. The van der Waals surface area contributed by atoms with Gasteiger partial charge in [0.1, 0.15) is 6.61 Å². The predicted molar refractivity (Wildman–Crippen MR) is 121 cm³/mol. The number of nitrogens with zero attached hydrogens (tertiary/aromatic N) is 1. The quantitative estimate of drug-likeness (QED) is 0.638. The summed E-state index contributed by atoms with van der Waals surface area (Å²) in [5.41, 5.74) is 4.57. The molecule has 2 atom stereocenters. The van der Waals surface area contributed by atoms with Crippen molar-refractivity contribution >= 4 is 18.0 Å². The summed E-state index contributed by atoms with van der Waals surface area (Å²) in [4.78, 5) is 37.4. The van der Waals surface area contributed by atoms with E-state index in [0.717, 1.165) is 22.3 Å². The minimum atomic E-state index is -0.900. The maximum atomic E-state index is 12.7. The summed E-state index contributed by atoms with van der Waals surface area (Å²) >= 11 is 0. The van der Waals surface area contributed by atoms with Crippen LogP contribution < -0.4 is 5.32 Å². The summed E-state index contributed by atoms with van der Waals surface area (Å²) in [6.45, 7) is 0.859. The molecule has 0 aromatic heterocycles. The first kappa shape index (κ1) is 22.8. The van der Waals surface area contributed by atoms with E-state index in [9.17, 15) is 14.4 Å². The highest BCUT2D eigenvalue weighted by Gasteiger charge is 2.37. The molecule has 0 bridgehead atoms.